The predicted octanol–water partition coefficient (Wildman–Crippen LogP) is 2.46. The summed E-state index contributed by atoms with van der Waals surface area (Å²) in [5.41, 5.74) is -0.149. The lowest BCUT2D eigenvalue weighted by molar-refractivity contribution is -0.128. The number of carbonyl (C=O) groups excluding carboxylic acids is 1. The molecule has 126 valence electrons. The van der Waals surface area contributed by atoms with E-state index in [0.717, 1.165) is 12.0 Å². The van der Waals surface area contributed by atoms with E-state index >= 15 is 0 Å². The maximum Gasteiger partial charge on any atom is 0.213 e. The van der Waals surface area contributed by atoms with Crippen molar-refractivity contribution in [2.45, 2.75) is 46.1 Å². The van der Waals surface area contributed by atoms with E-state index in [-0.39, 0.29) is 23.0 Å². The number of hydrogen-bond acceptors (Lipinski definition) is 4. The number of aromatic nitrogens is 1. The Morgan fingerprint density at radius 1 is 1.43 bits per heavy atom. The van der Waals surface area contributed by atoms with E-state index < -0.39 is 15.4 Å². The van der Waals surface area contributed by atoms with E-state index in [1.54, 1.807) is 25.4 Å². The molecule has 1 heterocycles. The summed E-state index contributed by atoms with van der Waals surface area (Å²) in [6.07, 6.45) is 5.47. The van der Waals surface area contributed by atoms with Crippen molar-refractivity contribution in [3.05, 3.63) is 30.1 Å². The predicted molar refractivity (Wildman–Crippen MR) is 88.1 cm³/mol. The first kappa shape index (κ1) is 16.6. The minimum Gasteiger partial charge on any atom is -0.299 e. The number of rotatable bonds is 5. The van der Waals surface area contributed by atoms with Gasteiger partial charge in [-0.15, -0.1) is 0 Å². The minimum absolute atomic E-state index is 0.104. The molecule has 6 heteroatoms. The van der Waals surface area contributed by atoms with Crippen molar-refractivity contribution in [1.82, 2.24) is 9.71 Å². The SMILES string of the molecule is C[C@@H](NS(=O)(=O)C[C@@]12CC[C@@H](CC1=O)C2(C)C)c1cccnc1. The van der Waals surface area contributed by atoms with Gasteiger partial charge in [0.15, 0.2) is 0 Å². The zero-order valence-electron chi connectivity index (χ0n) is 13.9. The number of sulfonamides is 1. The second kappa shape index (κ2) is 5.38. The van der Waals surface area contributed by atoms with Crippen LogP contribution in [0.3, 0.4) is 0 Å². The third kappa shape index (κ3) is 2.62. The Hall–Kier alpha value is -1.27. The van der Waals surface area contributed by atoms with Gasteiger partial charge < -0.3 is 0 Å². The average molecular weight is 336 g/mol. The van der Waals surface area contributed by atoms with Crippen LogP contribution in [0.2, 0.25) is 0 Å². The molecule has 0 unspecified atom stereocenters. The van der Waals surface area contributed by atoms with Crippen LogP contribution in [-0.4, -0.2) is 24.9 Å². The van der Waals surface area contributed by atoms with Gasteiger partial charge in [-0.3, -0.25) is 9.78 Å². The molecule has 1 aromatic heterocycles. The van der Waals surface area contributed by atoms with Gasteiger partial charge in [-0.25, -0.2) is 13.1 Å². The summed E-state index contributed by atoms with van der Waals surface area (Å²) < 4.78 is 28.1. The molecule has 0 radical (unpaired) electrons. The first-order valence-electron chi connectivity index (χ1n) is 8.11. The Morgan fingerprint density at radius 2 is 2.17 bits per heavy atom. The smallest absolute Gasteiger partial charge is 0.213 e. The second-order valence-electron chi connectivity index (χ2n) is 7.55. The molecule has 1 N–H and O–H groups in total. The van der Waals surface area contributed by atoms with Gasteiger partial charge in [0.2, 0.25) is 10.0 Å². The van der Waals surface area contributed by atoms with Crippen molar-refractivity contribution >= 4 is 15.8 Å². The van der Waals surface area contributed by atoms with E-state index in [9.17, 15) is 13.2 Å². The molecule has 3 atom stereocenters. The first-order chi connectivity index (χ1) is 10.7. The van der Waals surface area contributed by atoms with Gasteiger partial charge in [0.05, 0.1) is 5.75 Å². The topological polar surface area (TPSA) is 76.1 Å². The summed E-state index contributed by atoms with van der Waals surface area (Å²) in [6, 6.07) is 3.26. The van der Waals surface area contributed by atoms with Crippen molar-refractivity contribution in [3.63, 3.8) is 0 Å². The van der Waals surface area contributed by atoms with Crippen LogP contribution in [-0.2, 0) is 14.8 Å². The van der Waals surface area contributed by atoms with E-state index in [1.807, 2.05) is 6.07 Å². The van der Waals surface area contributed by atoms with Crippen molar-refractivity contribution < 1.29 is 13.2 Å². The molecule has 23 heavy (non-hydrogen) atoms. The third-order valence-corrected chi connectivity index (χ3v) is 7.70. The van der Waals surface area contributed by atoms with Crippen molar-refractivity contribution in [2.24, 2.45) is 16.7 Å². The van der Waals surface area contributed by atoms with Crippen LogP contribution in [0.25, 0.3) is 0 Å². The molecule has 0 amide bonds. The van der Waals surface area contributed by atoms with Crippen LogP contribution in [0.15, 0.2) is 24.5 Å². The Labute approximate surface area is 137 Å². The highest BCUT2D eigenvalue weighted by Crippen LogP contribution is 2.64. The Balaban J connectivity index is 1.80. The van der Waals surface area contributed by atoms with Gasteiger partial charge in [0.1, 0.15) is 5.78 Å². The summed E-state index contributed by atoms with van der Waals surface area (Å²) in [7, 11) is -3.56. The Bertz CT molecular complexity index is 715. The molecule has 2 fully saturated rings. The molecular formula is C17H24N2O3S. The van der Waals surface area contributed by atoms with Crippen molar-refractivity contribution in [2.75, 3.05) is 5.75 Å². The average Bonchev–Trinajstić information content (AvgIpc) is 2.81. The van der Waals surface area contributed by atoms with Gasteiger partial charge in [-0.05, 0) is 42.7 Å². The lowest BCUT2D eigenvalue weighted by atomic mass is 9.70. The highest BCUT2D eigenvalue weighted by atomic mass is 32.2. The zero-order valence-corrected chi connectivity index (χ0v) is 14.7. The molecular weight excluding hydrogens is 312 g/mol. The van der Waals surface area contributed by atoms with E-state index in [1.165, 1.54) is 0 Å². The molecule has 3 rings (SSSR count). The molecule has 5 nitrogen and oxygen atoms in total. The quantitative estimate of drug-likeness (QED) is 0.896. The number of pyridine rings is 1. The summed E-state index contributed by atoms with van der Waals surface area (Å²) in [4.78, 5) is 16.5. The van der Waals surface area contributed by atoms with E-state index in [4.69, 9.17) is 0 Å². The molecule has 0 aromatic carbocycles. The largest absolute Gasteiger partial charge is 0.299 e. The molecule has 2 aliphatic rings. The fourth-order valence-corrected chi connectivity index (χ4v) is 6.53. The molecule has 2 bridgehead atoms. The number of nitrogens with zero attached hydrogens (tertiary/aromatic N) is 1. The third-order valence-electron chi connectivity index (χ3n) is 6.12. The van der Waals surface area contributed by atoms with Gasteiger partial charge in [-0.1, -0.05) is 19.9 Å². The number of hydrogen-bond donors (Lipinski definition) is 1. The lowest BCUT2D eigenvalue weighted by Gasteiger charge is -2.36. The van der Waals surface area contributed by atoms with Crippen molar-refractivity contribution in [1.29, 1.82) is 0 Å². The monoisotopic (exact) mass is 336 g/mol. The molecule has 2 aliphatic carbocycles. The van der Waals surface area contributed by atoms with Crippen molar-refractivity contribution in [3.8, 4) is 0 Å². The molecule has 2 saturated carbocycles. The number of nitrogens with one attached hydrogen (secondary N) is 1. The Morgan fingerprint density at radius 3 is 2.70 bits per heavy atom. The fourth-order valence-electron chi connectivity index (χ4n) is 4.44. The Kier molecular flexibility index (Phi) is 3.88. The standard InChI is InChI=1S/C17H24N2O3S/c1-12(13-5-4-8-18-10-13)19-23(21,22)11-17-7-6-14(9-15(17)20)16(17,2)3/h4-5,8,10,12,14,19H,6-7,9,11H2,1-3H3/t12-,14+,17+/m1/s1. The van der Waals surface area contributed by atoms with Crippen LogP contribution in [0, 0.1) is 16.7 Å². The maximum absolute atomic E-state index is 12.7. The molecule has 1 aromatic rings. The highest BCUT2D eigenvalue weighted by Gasteiger charge is 2.65. The summed E-state index contributed by atoms with van der Waals surface area (Å²) in [5.74, 6) is 0.339. The number of Topliss-reactive ketones (excluding diaryl/α,β-unsaturated/α-hetero) is 1. The maximum atomic E-state index is 12.7. The van der Waals surface area contributed by atoms with Crippen LogP contribution in [0.1, 0.15) is 51.6 Å². The lowest BCUT2D eigenvalue weighted by Crippen LogP contribution is -2.45. The molecule has 0 saturated heterocycles. The van der Waals surface area contributed by atoms with Crippen LogP contribution in [0.5, 0.6) is 0 Å². The van der Waals surface area contributed by atoms with Crippen LogP contribution >= 0.6 is 0 Å². The van der Waals surface area contributed by atoms with Crippen LogP contribution in [0.4, 0.5) is 0 Å². The van der Waals surface area contributed by atoms with E-state index in [0.29, 0.717) is 18.8 Å². The summed E-state index contributed by atoms with van der Waals surface area (Å²) in [6.45, 7) is 5.90. The molecule has 0 aliphatic heterocycles. The van der Waals surface area contributed by atoms with Crippen LogP contribution < -0.4 is 4.72 Å². The van der Waals surface area contributed by atoms with Gasteiger partial charge >= 0.3 is 0 Å². The van der Waals surface area contributed by atoms with Gasteiger partial charge in [0, 0.05) is 30.3 Å². The highest BCUT2D eigenvalue weighted by molar-refractivity contribution is 7.89. The molecule has 0 spiro atoms. The van der Waals surface area contributed by atoms with Gasteiger partial charge in [-0.2, -0.15) is 0 Å². The van der Waals surface area contributed by atoms with E-state index in [2.05, 4.69) is 23.6 Å². The second-order valence-corrected chi connectivity index (χ2v) is 9.31. The summed E-state index contributed by atoms with van der Waals surface area (Å²) >= 11 is 0. The minimum atomic E-state index is -3.56. The number of fused-ring (bicyclic) bond motifs is 2. The number of carbonyl (C=O) groups is 1. The zero-order chi connectivity index (χ0) is 16.9. The normalized spacial score (nSPS) is 30.6. The fraction of sp³-hybridized carbons (Fsp3) is 0.647. The number of ketones is 1. The van der Waals surface area contributed by atoms with Gasteiger partial charge in [0.25, 0.3) is 0 Å². The first-order valence-corrected chi connectivity index (χ1v) is 9.76. The summed E-state index contributed by atoms with van der Waals surface area (Å²) in [5, 5.41) is 0.